The van der Waals surface area contributed by atoms with Crippen LogP contribution in [0.4, 0.5) is 0 Å². The maximum Gasteiger partial charge on any atom is 0.112 e. The molecule has 1 aliphatic heterocycles. The Morgan fingerprint density at radius 3 is 1.90 bits per heavy atom. The van der Waals surface area contributed by atoms with E-state index in [2.05, 4.69) is 32.2 Å². The number of quaternary nitrogens is 1. The van der Waals surface area contributed by atoms with Crippen LogP contribution in [0.15, 0.2) is 24.0 Å². The SMILES string of the molecule is CCCCCCCCCCCC[NH+]1C=CC=C1CCC.[Cl-]. The molecule has 1 heterocycles. The van der Waals surface area contributed by atoms with Crippen LogP contribution in [0.25, 0.3) is 0 Å². The molecule has 124 valence electrons. The third kappa shape index (κ3) is 10.1. The second-order valence-corrected chi connectivity index (χ2v) is 6.26. The van der Waals surface area contributed by atoms with E-state index >= 15 is 0 Å². The van der Waals surface area contributed by atoms with E-state index in [-0.39, 0.29) is 12.4 Å². The number of hydrogen-bond acceptors (Lipinski definition) is 0. The van der Waals surface area contributed by atoms with Gasteiger partial charge in [0.25, 0.3) is 0 Å². The minimum Gasteiger partial charge on any atom is -1.00 e. The Hall–Kier alpha value is -0.270. The van der Waals surface area contributed by atoms with Crippen molar-refractivity contribution < 1.29 is 17.3 Å². The van der Waals surface area contributed by atoms with E-state index < -0.39 is 0 Å². The van der Waals surface area contributed by atoms with E-state index in [9.17, 15) is 0 Å². The van der Waals surface area contributed by atoms with Crippen LogP contribution in [-0.4, -0.2) is 6.54 Å². The molecule has 0 aromatic carbocycles. The summed E-state index contributed by atoms with van der Waals surface area (Å²) >= 11 is 0. The Labute approximate surface area is 139 Å². The van der Waals surface area contributed by atoms with Gasteiger partial charge in [-0.25, -0.2) is 0 Å². The van der Waals surface area contributed by atoms with Gasteiger partial charge in [-0.05, 0) is 25.3 Å². The van der Waals surface area contributed by atoms with E-state index in [1.807, 2.05) is 0 Å². The van der Waals surface area contributed by atoms with Gasteiger partial charge < -0.3 is 12.4 Å². The Morgan fingerprint density at radius 2 is 1.33 bits per heavy atom. The maximum absolute atomic E-state index is 2.33. The number of nitrogens with one attached hydrogen (secondary N) is 1. The lowest BCUT2D eigenvalue weighted by Crippen LogP contribution is -3.04. The summed E-state index contributed by atoms with van der Waals surface area (Å²) in [6.45, 7) is 5.87. The van der Waals surface area contributed by atoms with Crippen LogP contribution in [0.2, 0.25) is 0 Å². The van der Waals surface area contributed by atoms with Gasteiger partial charge in [-0.15, -0.1) is 0 Å². The maximum atomic E-state index is 2.33. The van der Waals surface area contributed by atoms with E-state index in [0.717, 1.165) is 0 Å². The zero-order chi connectivity index (χ0) is 14.5. The third-order valence-corrected chi connectivity index (χ3v) is 4.33. The van der Waals surface area contributed by atoms with Gasteiger partial charge in [0, 0.05) is 12.5 Å². The number of rotatable bonds is 13. The van der Waals surface area contributed by atoms with Gasteiger partial charge >= 0.3 is 0 Å². The molecule has 0 fully saturated rings. The van der Waals surface area contributed by atoms with E-state index in [1.54, 1.807) is 10.6 Å². The fraction of sp³-hybridized carbons (Fsp3) is 0.789. The topological polar surface area (TPSA) is 4.44 Å². The Kier molecular flexibility index (Phi) is 14.5. The van der Waals surface area contributed by atoms with Crippen LogP contribution in [0.3, 0.4) is 0 Å². The number of unbranched alkanes of at least 4 members (excludes halogenated alkanes) is 9. The van der Waals surface area contributed by atoms with Crippen molar-refractivity contribution in [2.24, 2.45) is 0 Å². The molecule has 1 N–H and O–H groups in total. The summed E-state index contributed by atoms with van der Waals surface area (Å²) in [4.78, 5) is 1.62. The molecule has 0 saturated carbocycles. The lowest BCUT2D eigenvalue weighted by Gasteiger charge is -2.13. The smallest absolute Gasteiger partial charge is 0.112 e. The zero-order valence-electron chi connectivity index (χ0n) is 14.3. The molecule has 0 radical (unpaired) electrons. The van der Waals surface area contributed by atoms with Crippen LogP contribution < -0.4 is 17.3 Å². The first-order valence-corrected chi connectivity index (χ1v) is 9.12. The lowest BCUT2D eigenvalue weighted by molar-refractivity contribution is -0.804. The predicted octanol–water partition coefficient (Wildman–Crippen LogP) is 2.01. The van der Waals surface area contributed by atoms with Gasteiger partial charge in [-0.3, -0.25) is 4.90 Å². The summed E-state index contributed by atoms with van der Waals surface area (Å²) in [5.41, 5.74) is 1.60. The molecule has 0 aromatic heterocycles. The standard InChI is InChI=1S/C19H35N.ClH/c1-3-5-6-7-8-9-10-11-12-13-17-20-18-14-16-19(20)15-4-2;/h14,16,18H,3-13,15,17H2,1-2H3;1H. The number of allylic oxidation sites excluding steroid dienone is 3. The van der Waals surface area contributed by atoms with Crippen molar-refractivity contribution in [2.45, 2.75) is 90.9 Å². The molecule has 0 saturated heterocycles. The van der Waals surface area contributed by atoms with Crippen LogP contribution in [0.1, 0.15) is 90.9 Å². The summed E-state index contributed by atoms with van der Waals surface area (Å²) in [7, 11) is 0. The van der Waals surface area contributed by atoms with Gasteiger partial charge in [0.2, 0.25) is 0 Å². The number of halogens is 1. The summed E-state index contributed by atoms with van der Waals surface area (Å²) in [5, 5.41) is 0. The quantitative estimate of drug-likeness (QED) is 0.496. The number of hydrogen-bond donors (Lipinski definition) is 1. The van der Waals surface area contributed by atoms with Crippen LogP contribution in [-0.2, 0) is 0 Å². The molecule has 1 nitrogen and oxygen atoms in total. The molecule has 1 aliphatic rings. The van der Waals surface area contributed by atoms with Gasteiger partial charge in [0.1, 0.15) is 5.70 Å². The van der Waals surface area contributed by atoms with E-state index in [1.165, 1.54) is 83.6 Å². The highest BCUT2D eigenvalue weighted by Gasteiger charge is 2.14. The van der Waals surface area contributed by atoms with Crippen molar-refractivity contribution in [1.29, 1.82) is 0 Å². The summed E-state index contributed by atoms with van der Waals surface area (Å²) in [6, 6.07) is 0. The van der Waals surface area contributed by atoms with Crippen molar-refractivity contribution in [1.82, 2.24) is 0 Å². The van der Waals surface area contributed by atoms with E-state index in [4.69, 9.17) is 0 Å². The monoisotopic (exact) mass is 313 g/mol. The molecule has 1 unspecified atom stereocenters. The molecule has 0 aliphatic carbocycles. The second-order valence-electron chi connectivity index (χ2n) is 6.26. The highest BCUT2D eigenvalue weighted by molar-refractivity contribution is 5.10. The molecule has 0 aromatic rings. The van der Waals surface area contributed by atoms with E-state index in [0.29, 0.717) is 0 Å². The highest BCUT2D eigenvalue weighted by atomic mass is 35.5. The zero-order valence-corrected chi connectivity index (χ0v) is 15.1. The molecule has 1 rings (SSSR count). The Bertz CT molecular complexity index is 283. The first kappa shape index (κ1) is 20.7. The van der Waals surface area contributed by atoms with Crippen molar-refractivity contribution in [3.8, 4) is 0 Å². The second kappa shape index (κ2) is 14.7. The lowest BCUT2D eigenvalue weighted by atomic mass is 10.1. The Morgan fingerprint density at radius 1 is 0.762 bits per heavy atom. The predicted molar refractivity (Wildman–Crippen MR) is 89.8 cm³/mol. The van der Waals surface area contributed by atoms with Crippen LogP contribution in [0, 0.1) is 0 Å². The molecule has 0 amide bonds. The summed E-state index contributed by atoms with van der Waals surface area (Å²) in [6.07, 6.45) is 23.7. The third-order valence-electron chi connectivity index (χ3n) is 4.33. The van der Waals surface area contributed by atoms with Gasteiger partial charge in [0.15, 0.2) is 0 Å². The van der Waals surface area contributed by atoms with Gasteiger partial charge in [-0.2, -0.15) is 0 Å². The van der Waals surface area contributed by atoms with Gasteiger partial charge in [0.05, 0.1) is 12.7 Å². The van der Waals surface area contributed by atoms with Crippen molar-refractivity contribution >= 4 is 0 Å². The summed E-state index contributed by atoms with van der Waals surface area (Å²) < 4.78 is 0. The van der Waals surface area contributed by atoms with Gasteiger partial charge in [-0.1, -0.05) is 65.2 Å². The molecular weight excluding hydrogens is 278 g/mol. The normalized spacial score (nSPS) is 16.9. The molecule has 0 spiro atoms. The van der Waals surface area contributed by atoms with Crippen LogP contribution >= 0.6 is 0 Å². The first-order chi connectivity index (χ1) is 9.88. The molecular formula is C19H36ClN. The van der Waals surface area contributed by atoms with Crippen molar-refractivity contribution in [2.75, 3.05) is 6.54 Å². The minimum atomic E-state index is 0. The average Bonchev–Trinajstić information content (AvgIpc) is 2.89. The Balaban J connectivity index is 0.00000400. The fourth-order valence-corrected chi connectivity index (χ4v) is 3.05. The molecule has 1 atom stereocenters. The molecule has 0 bridgehead atoms. The molecule has 2 heteroatoms. The first-order valence-electron chi connectivity index (χ1n) is 9.12. The van der Waals surface area contributed by atoms with Crippen molar-refractivity contribution in [3.05, 3.63) is 24.0 Å². The molecule has 21 heavy (non-hydrogen) atoms. The highest BCUT2D eigenvalue weighted by Crippen LogP contribution is 2.10. The largest absolute Gasteiger partial charge is 1.00 e. The van der Waals surface area contributed by atoms with Crippen LogP contribution in [0.5, 0.6) is 0 Å². The summed E-state index contributed by atoms with van der Waals surface area (Å²) in [5.74, 6) is 0. The van der Waals surface area contributed by atoms with Crippen molar-refractivity contribution in [3.63, 3.8) is 0 Å². The average molecular weight is 314 g/mol. The minimum absolute atomic E-state index is 0. The fourth-order valence-electron chi connectivity index (χ4n) is 3.05.